The van der Waals surface area contributed by atoms with Crippen molar-refractivity contribution in [1.29, 1.82) is 0 Å². The largest absolute Gasteiger partial charge is 0.409 e. The molecule has 1 atom stereocenters. The summed E-state index contributed by atoms with van der Waals surface area (Å²) >= 11 is 3.30. The van der Waals surface area contributed by atoms with Crippen molar-refractivity contribution in [1.82, 2.24) is 5.32 Å². The van der Waals surface area contributed by atoms with Crippen molar-refractivity contribution >= 4 is 27.7 Å². The van der Waals surface area contributed by atoms with E-state index < -0.39 is 6.04 Å². The first-order chi connectivity index (χ1) is 8.45. The van der Waals surface area contributed by atoms with Crippen LogP contribution in [-0.2, 0) is 0 Å². The second-order valence-electron chi connectivity index (χ2n) is 4.23. The van der Waals surface area contributed by atoms with E-state index in [2.05, 4.69) is 26.4 Å². The fraction of sp³-hybridized carbons (Fsp3) is 0.333. The number of rotatable bonds is 4. The van der Waals surface area contributed by atoms with Crippen LogP contribution >= 0.6 is 15.9 Å². The highest BCUT2D eigenvalue weighted by Gasteiger charge is 2.21. The molecule has 1 amide bonds. The highest BCUT2D eigenvalue weighted by atomic mass is 79.9. The molecule has 98 valence electrons. The molecular formula is C12H16BrN3O2. The molecule has 4 N–H and O–H groups in total. The van der Waals surface area contributed by atoms with E-state index in [0.717, 1.165) is 4.47 Å². The van der Waals surface area contributed by atoms with Gasteiger partial charge in [-0.2, -0.15) is 0 Å². The molecule has 0 spiro atoms. The average Bonchev–Trinajstić information content (AvgIpc) is 2.35. The summed E-state index contributed by atoms with van der Waals surface area (Å²) in [4.78, 5) is 12.0. The van der Waals surface area contributed by atoms with Crippen LogP contribution in [-0.4, -0.2) is 23.0 Å². The highest BCUT2D eigenvalue weighted by molar-refractivity contribution is 9.10. The lowest BCUT2D eigenvalue weighted by Crippen LogP contribution is -2.47. The van der Waals surface area contributed by atoms with Crippen molar-refractivity contribution in [3.8, 4) is 0 Å². The van der Waals surface area contributed by atoms with Crippen molar-refractivity contribution in [3.63, 3.8) is 0 Å². The zero-order chi connectivity index (χ0) is 13.7. The smallest absolute Gasteiger partial charge is 0.251 e. The first-order valence-corrected chi connectivity index (χ1v) is 6.29. The van der Waals surface area contributed by atoms with Gasteiger partial charge in [0.25, 0.3) is 5.91 Å². The van der Waals surface area contributed by atoms with E-state index in [4.69, 9.17) is 10.9 Å². The summed E-state index contributed by atoms with van der Waals surface area (Å²) in [6.45, 7) is 3.76. The van der Waals surface area contributed by atoms with Crippen LogP contribution in [0.2, 0.25) is 0 Å². The molecule has 0 aliphatic carbocycles. The first kappa shape index (κ1) is 14.5. The number of nitrogens with two attached hydrogens (primary N) is 1. The molecule has 1 aromatic rings. The maximum Gasteiger partial charge on any atom is 0.251 e. The molecule has 0 radical (unpaired) electrons. The Labute approximate surface area is 114 Å². The predicted molar refractivity (Wildman–Crippen MR) is 73.6 cm³/mol. The second kappa shape index (κ2) is 6.39. The summed E-state index contributed by atoms with van der Waals surface area (Å²) in [5.41, 5.74) is 6.07. The number of hydrogen-bond acceptors (Lipinski definition) is 3. The molecule has 0 bridgehead atoms. The molecule has 0 fully saturated rings. The monoisotopic (exact) mass is 313 g/mol. The number of halogens is 1. The Bertz CT molecular complexity index is 443. The lowest BCUT2D eigenvalue weighted by atomic mass is 10.0. The normalized spacial score (nSPS) is 13.4. The minimum atomic E-state index is -0.494. The van der Waals surface area contributed by atoms with Gasteiger partial charge in [-0.15, -0.1) is 0 Å². The Morgan fingerprint density at radius 2 is 1.94 bits per heavy atom. The minimum Gasteiger partial charge on any atom is -0.409 e. The number of nitrogens with zero attached hydrogens (tertiary/aromatic N) is 1. The molecule has 0 aromatic heterocycles. The SMILES string of the molecule is CC(C)C(NC(=O)c1ccc(Br)cc1)C(N)=NO. The van der Waals surface area contributed by atoms with Gasteiger partial charge < -0.3 is 16.3 Å². The Hall–Kier alpha value is -1.56. The van der Waals surface area contributed by atoms with Crippen molar-refractivity contribution < 1.29 is 10.0 Å². The molecule has 0 aliphatic heterocycles. The lowest BCUT2D eigenvalue weighted by Gasteiger charge is -2.20. The standard InChI is InChI=1S/C12H16BrN3O2/c1-7(2)10(11(14)16-18)15-12(17)8-3-5-9(13)6-4-8/h3-7,10,18H,1-2H3,(H2,14,16)(H,15,17). The van der Waals surface area contributed by atoms with Crippen LogP contribution in [0.1, 0.15) is 24.2 Å². The van der Waals surface area contributed by atoms with Gasteiger partial charge in [-0.05, 0) is 30.2 Å². The fourth-order valence-corrected chi connectivity index (χ4v) is 1.73. The van der Waals surface area contributed by atoms with Crippen LogP contribution in [0.4, 0.5) is 0 Å². The molecule has 5 nitrogen and oxygen atoms in total. The molecule has 0 saturated carbocycles. The zero-order valence-corrected chi connectivity index (χ0v) is 11.8. The molecule has 0 saturated heterocycles. The highest BCUT2D eigenvalue weighted by Crippen LogP contribution is 2.11. The summed E-state index contributed by atoms with van der Waals surface area (Å²) in [5, 5.41) is 14.4. The van der Waals surface area contributed by atoms with E-state index in [1.165, 1.54) is 0 Å². The molecule has 0 aliphatic rings. The third kappa shape index (κ3) is 3.73. The Kier molecular flexibility index (Phi) is 5.15. The molecule has 18 heavy (non-hydrogen) atoms. The van der Waals surface area contributed by atoms with Crippen LogP contribution in [0, 0.1) is 5.92 Å². The molecule has 1 unspecified atom stereocenters. The Balaban J connectivity index is 2.82. The van der Waals surface area contributed by atoms with E-state index >= 15 is 0 Å². The van der Waals surface area contributed by atoms with Crippen LogP contribution < -0.4 is 11.1 Å². The lowest BCUT2D eigenvalue weighted by molar-refractivity contribution is 0.0939. The maximum absolute atomic E-state index is 12.0. The van der Waals surface area contributed by atoms with Crippen molar-refractivity contribution in [2.45, 2.75) is 19.9 Å². The number of hydrogen-bond donors (Lipinski definition) is 3. The number of amides is 1. The van der Waals surface area contributed by atoms with E-state index in [9.17, 15) is 4.79 Å². The van der Waals surface area contributed by atoms with Gasteiger partial charge in [0.15, 0.2) is 5.84 Å². The second-order valence-corrected chi connectivity index (χ2v) is 5.14. The Morgan fingerprint density at radius 1 is 1.39 bits per heavy atom. The molecular weight excluding hydrogens is 298 g/mol. The summed E-state index contributed by atoms with van der Waals surface area (Å²) in [6, 6.07) is 6.46. The van der Waals surface area contributed by atoms with E-state index in [1.807, 2.05) is 13.8 Å². The minimum absolute atomic E-state index is 0.00420. The van der Waals surface area contributed by atoms with Gasteiger partial charge in [0.1, 0.15) is 0 Å². The van der Waals surface area contributed by atoms with Crippen LogP contribution in [0.5, 0.6) is 0 Å². The number of carbonyl (C=O) groups is 1. The van der Waals surface area contributed by atoms with Crippen LogP contribution in [0.15, 0.2) is 33.9 Å². The summed E-state index contributed by atoms with van der Waals surface area (Å²) in [7, 11) is 0. The van der Waals surface area contributed by atoms with E-state index in [1.54, 1.807) is 24.3 Å². The molecule has 0 heterocycles. The fourth-order valence-electron chi connectivity index (χ4n) is 1.47. The third-order valence-corrected chi connectivity index (χ3v) is 3.02. The summed E-state index contributed by atoms with van der Waals surface area (Å²) in [5.74, 6) is -0.233. The van der Waals surface area contributed by atoms with E-state index in [0.29, 0.717) is 5.56 Å². The van der Waals surface area contributed by atoms with Gasteiger partial charge in [0, 0.05) is 10.0 Å². The van der Waals surface area contributed by atoms with Gasteiger partial charge in [0.05, 0.1) is 6.04 Å². The first-order valence-electron chi connectivity index (χ1n) is 5.49. The van der Waals surface area contributed by atoms with Gasteiger partial charge >= 0.3 is 0 Å². The van der Waals surface area contributed by atoms with Crippen molar-refractivity contribution in [3.05, 3.63) is 34.3 Å². The Morgan fingerprint density at radius 3 is 2.39 bits per heavy atom. The number of amidine groups is 1. The predicted octanol–water partition coefficient (Wildman–Crippen LogP) is 1.95. The van der Waals surface area contributed by atoms with Gasteiger partial charge in [-0.1, -0.05) is 34.9 Å². The van der Waals surface area contributed by atoms with Crippen molar-refractivity contribution in [2.24, 2.45) is 16.8 Å². The maximum atomic E-state index is 12.0. The topological polar surface area (TPSA) is 87.7 Å². The third-order valence-electron chi connectivity index (χ3n) is 2.49. The van der Waals surface area contributed by atoms with Crippen LogP contribution in [0.3, 0.4) is 0 Å². The van der Waals surface area contributed by atoms with Gasteiger partial charge in [-0.3, -0.25) is 4.79 Å². The molecule has 1 rings (SSSR count). The van der Waals surface area contributed by atoms with E-state index in [-0.39, 0.29) is 17.7 Å². The molecule has 1 aromatic carbocycles. The number of nitrogens with one attached hydrogen (secondary N) is 1. The molecule has 6 heteroatoms. The zero-order valence-electron chi connectivity index (χ0n) is 10.2. The number of carbonyl (C=O) groups excluding carboxylic acids is 1. The van der Waals surface area contributed by atoms with Crippen molar-refractivity contribution in [2.75, 3.05) is 0 Å². The van der Waals surface area contributed by atoms with Gasteiger partial charge in [0.2, 0.25) is 0 Å². The van der Waals surface area contributed by atoms with Crippen LogP contribution in [0.25, 0.3) is 0 Å². The number of oxime groups is 1. The summed E-state index contributed by atoms with van der Waals surface area (Å²) < 4.78 is 0.899. The number of benzene rings is 1. The summed E-state index contributed by atoms with van der Waals surface area (Å²) in [6.07, 6.45) is 0. The quantitative estimate of drug-likeness (QED) is 0.343. The van der Waals surface area contributed by atoms with Gasteiger partial charge in [-0.25, -0.2) is 0 Å². The average molecular weight is 314 g/mol.